The largest absolute Gasteiger partial charge is 0.314 e. The number of anilines is 1. The molecule has 1 aliphatic heterocycles. The first kappa shape index (κ1) is 11.0. The number of fused-ring (bicyclic) bond motifs is 1. The lowest BCUT2D eigenvalue weighted by molar-refractivity contribution is -0.118. The fourth-order valence-corrected chi connectivity index (χ4v) is 2.62. The molecule has 0 fully saturated rings. The summed E-state index contributed by atoms with van der Waals surface area (Å²) >= 11 is 0. The fraction of sp³-hybridized carbons (Fsp3) is 0.188. The first-order valence-electron chi connectivity index (χ1n) is 6.11. The minimum Gasteiger partial charge on any atom is -0.314 e. The van der Waals surface area contributed by atoms with Gasteiger partial charge in [-0.2, -0.15) is 0 Å². The molecule has 2 aromatic carbocycles. The van der Waals surface area contributed by atoms with Crippen LogP contribution in [-0.2, 0) is 4.79 Å². The predicted molar refractivity (Wildman–Crippen MR) is 72.9 cm³/mol. The van der Waals surface area contributed by atoms with Crippen LogP contribution in [0.1, 0.15) is 22.6 Å². The van der Waals surface area contributed by atoms with Crippen molar-refractivity contribution in [3.8, 4) is 0 Å². The van der Waals surface area contributed by atoms with Crippen LogP contribution in [0.15, 0.2) is 48.5 Å². The Bertz CT molecular complexity index is 604. The van der Waals surface area contributed by atoms with Crippen molar-refractivity contribution >= 4 is 11.6 Å². The van der Waals surface area contributed by atoms with E-state index < -0.39 is 0 Å². The molecule has 0 saturated carbocycles. The first-order valence-corrected chi connectivity index (χ1v) is 6.11. The van der Waals surface area contributed by atoms with E-state index in [-0.39, 0.29) is 11.8 Å². The van der Waals surface area contributed by atoms with Crippen molar-refractivity contribution in [1.29, 1.82) is 0 Å². The minimum atomic E-state index is -0.147. The summed E-state index contributed by atoms with van der Waals surface area (Å²) < 4.78 is 0. The van der Waals surface area contributed by atoms with E-state index in [0.717, 1.165) is 16.8 Å². The molecular formula is C16H15NO. The average Bonchev–Trinajstić information content (AvgIpc) is 2.63. The molecule has 0 spiro atoms. The number of benzene rings is 2. The van der Waals surface area contributed by atoms with Crippen LogP contribution in [0.25, 0.3) is 0 Å². The second-order valence-electron chi connectivity index (χ2n) is 4.80. The van der Waals surface area contributed by atoms with Crippen molar-refractivity contribution in [2.24, 2.45) is 0 Å². The Kier molecular flexibility index (Phi) is 2.44. The Balaban J connectivity index is 2.18. The molecule has 1 atom stereocenters. The van der Waals surface area contributed by atoms with Gasteiger partial charge in [-0.05, 0) is 24.1 Å². The van der Waals surface area contributed by atoms with Crippen LogP contribution in [0.5, 0.6) is 0 Å². The van der Waals surface area contributed by atoms with E-state index in [1.807, 2.05) is 43.4 Å². The summed E-state index contributed by atoms with van der Waals surface area (Å²) in [6.07, 6.45) is 0. The first-order chi connectivity index (χ1) is 8.68. The molecule has 2 heteroatoms. The topological polar surface area (TPSA) is 20.3 Å². The van der Waals surface area contributed by atoms with Crippen molar-refractivity contribution in [2.45, 2.75) is 12.8 Å². The predicted octanol–water partition coefficient (Wildman–Crippen LogP) is 3.10. The van der Waals surface area contributed by atoms with Crippen LogP contribution in [0, 0.1) is 6.92 Å². The smallest absolute Gasteiger partial charge is 0.238 e. The number of amides is 1. The summed E-state index contributed by atoms with van der Waals surface area (Å²) in [6, 6.07) is 16.2. The van der Waals surface area contributed by atoms with Gasteiger partial charge in [0.25, 0.3) is 0 Å². The Morgan fingerprint density at radius 2 is 1.78 bits per heavy atom. The molecule has 3 rings (SSSR count). The zero-order valence-electron chi connectivity index (χ0n) is 10.6. The van der Waals surface area contributed by atoms with E-state index in [0.29, 0.717) is 0 Å². The standard InChI is InChI=1S/C16H15NO/c1-11-8-9-14-13(10-11)15(16(18)17(14)2)12-6-4-3-5-7-12/h3-10,15H,1-2H3. The van der Waals surface area contributed by atoms with Gasteiger partial charge in [0, 0.05) is 12.7 Å². The number of hydrogen-bond donors (Lipinski definition) is 0. The van der Waals surface area contributed by atoms with Gasteiger partial charge in [-0.3, -0.25) is 4.79 Å². The number of hydrogen-bond acceptors (Lipinski definition) is 1. The number of nitrogens with zero attached hydrogens (tertiary/aromatic N) is 1. The van der Waals surface area contributed by atoms with Gasteiger partial charge in [0.2, 0.25) is 5.91 Å². The van der Waals surface area contributed by atoms with E-state index in [2.05, 4.69) is 19.1 Å². The van der Waals surface area contributed by atoms with Crippen LogP contribution >= 0.6 is 0 Å². The van der Waals surface area contributed by atoms with Crippen LogP contribution in [0.2, 0.25) is 0 Å². The summed E-state index contributed by atoms with van der Waals surface area (Å²) in [5, 5.41) is 0. The summed E-state index contributed by atoms with van der Waals surface area (Å²) in [4.78, 5) is 14.2. The van der Waals surface area contributed by atoms with Crippen LogP contribution in [-0.4, -0.2) is 13.0 Å². The van der Waals surface area contributed by atoms with Gasteiger partial charge in [-0.25, -0.2) is 0 Å². The van der Waals surface area contributed by atoms with E-state index >= 15 is 0 Å². The lowest BCUT2D eigenvalue weighted by Crippen LogP contribution is -2.24. The maximum absolute atomic E-state index is 12.4. The van der Waals surface area contributed by atoms with Crippen molar-refractivity contribution in [1.82, 2.24) is 0 Å². The Hall–Kier alpha value is -2.09. The van der Waals surface area contributed by atoms with Gasteiger partial charge in [0.15, 0.2) is 0 Å². The number of rotatable bonds is 1. The quantitative estimate of drug-likeness (QED) is 0.746. The Morgan fingerprint density at radius 3 is 2.50 bits per heavy atom. The second-order valence-corrected chi connectivity index (χ2v) is 4.80. The van der Waals surface area contributed by atoms with Crippen LogP contribution in [0.4, 0.5) is 5.69 Å². The normalized spacial score (nSPS) is 18.0. The summed E-state index contributed by atoms with van der Waals surface area (Å²) in [5.74, 6) is 0.00731. The zero-order chi connectivity index (χ0) is 12.7. The number of carbonyl (C=O) groups is 1. The van der Waals surface area contributed by atoms with Gasteiger partial charge >= 0.3 is 0 Å². The molecule has 18 heavy (non-hydrogen) atoms. The van der Waals surface area contributed by atoms with E-state index in [4.69, 9.17) is 0 Å². The number of carbonyl (C=O) groups excluding carboxylic acids is 1. The summed E-state index contributed by atoms with van der Waals surface area (Å²) in [7, 11) is 1.85. The van der Waals surface area contributed by atoms with E-state index in [1.165, 1.54) is 5.56 Å². The molecule has 0 radical (unpaired) electrons. The second kappa shape index (κ2) is 3.98. The molecule has 2 aromatic rings. The van der Waals surface area contributed by atoms with Crippen LogP contribution in [0.3, 0.4) is 0 Å². The molecule has 1 unspecified atom stereocenters. The molecule has 2 nitrogen and oxygen atoms in total. The zero-order valence-corrected chi connectivity index (χ0v) is 10.6. The van der Waals surface area contributed by atoms with Gasteiger partial charge in [-0.1, -0.05) is 48.0 Å². The monoisotopic (exact) mass is 237 g/mol. The third-order valence-electron chi connectivity index (χ3n) is 3.57. The van der Waals surface area contributed by atoms with Gasteiger partial charge in [0.05, 0.1) is 5.92 Å². The van der Waals surface area contributed by atoms with Gasteiger partial charge in [0.1, 0.15) is 0 Å². The van der Waals surface area contributed by atoms with Crippen molar-refractivity contribution in [3.63, 3.8) is 0 Å². The fourth-order valence-electron chi connectivity index (χ4n) is 2.62. The average molecular weight is 237 g/mol. The molecule has 1 amide bonds. The molecule has 90 valence electrons. The minimum absolute atomic E-state index is 0.147. The van der Waals surface area contributed by atoms with E-state index in [1.54, 1.807) is 4.90 Å². The highest BCUT2D eigenvalue weighted by atomic mass is 16.2. The highest BCUT2D eigenvalue weighted by Crippen LogP contribution is 2.40. The third-order valence-corrected chi connectivity index (χ3v) is 3.57. The summed E-state index contributed by atoms with van der Waals surface area (Å²) in [6.45, 7) is 2.06. The number of aryl methyl sites for hydroxylation is 1. The highest BCUT2D eigenvalue weighted by Gasteiger charge is 2.35. The summed E-state index contributed by atoms with van der Waals surface area (Å²) in [5.41, 5.74) is 4.41. The van der Waals surface area contributed by atoms with E-state index in [9.17, 15) is 4.79 Å². The molecular weight excluding hydrogens is 222 g/mol. The van der Waals surface area contributed by atoms with Crippen LogP contribution < -0.4 is 4.90 Å². The SMILES string of the molecule is Cc1ccc2c(c1)C(c1ccccc1)C(=O)N2C. The molecule has 0 aromatic heterocycles. The van der Waals surface area contributed by atoms with Gasteiger partial charge in [-0.15, -0.1) is 0 Å². The molecule has 1 aliphatic rings. The number of likely N-dealkylation sites (N-methyl/N-ethyl adjacent to an activating group) is 1. The molecule has 0 aliphatic carbocycles. The lowest BCUT2D eigenvalue weighted by Gasteiger charge is -2.11. The van der Waals surface area contributed by atoms with Gasteiger partial charge < -0.3 is 4.90 Å². The van der Waals surface area contributed by atoms with Crippen molar-refractivity contribution < 1.29 is 4.79 Å². The highest BCUT2D eigenvalue weighted by molar-refractivity contribution is 6.06. The molecule has 0 N–H and O–H groups in total. The Morgan fingerprint density at radius 1 is 1.06 bits per heavy atom. The maximum atomic E-state index is 12.4. The lowest BCUT2D eigenvalue weighted by atomic mass is 9.92. The third kappa shape index (κ3) is 1.53. The molecule has 0 saturated heterocycles. The maximum Gasteiger partial charge on any atom is 0.238 e. The molecule has 0 bridgehead atoms. The van der Waals surface area contributed by atoms with Crippen molar-refractivity contribution in [3.05, 3.63) is 65.2 Å². The molecule has 1 heterocycles. The Labute approximate surface area is 107 Å². The van der Waals surface area contributed by atoms with Crippen molar-refractivity contribution in [2.75, 3.05) is 11.9 Å².